The van der Waals surface area contributed by atoms with Crippen molar-refractivity contribution in [3.05, 3.63) is 41.1 Å². The van der Waals surface area contributed by atoms with Crippen molar-refractivity contribution in [2.45, 2.75) is 0 Å². The van der Waals surface area contributed by atoms with Crippen LogP contribution in [-0.2, 0) is 4.74 Å². The molecule has 0 aliphatic carbocycles. The number of nitrogens with one attached hydrogen (secondary N) is 1. The van der Waals surface area contributed by atoms with Crippen LogP contribution in [-0.4, -0.2) is 42.5 Å². The molecule has 1 aromatic heterocycles. The molecule has 0 spiro atoms. The predicted octanol–water partition coefficient (Wildman–Crippen LogP) is 3.88. The maximum atomic E-state index is 9.85. The molecule has 2 N–H and O–H groups in total. The van der Waals surface area contributed by atoms with E-state index in [0.717, 1.165) is 5.39 Å². The summed E-state index contributed by atoms with van der Waals surface area (Å²) in [7, 11) is 3.19. The number of phenols is 1. The first-order valence-electron chi connectivity index (χ1n) is 7.83. The number of ether oxygens (including phenoxy) is 3. The third kappa shape index (κ3) is 3.81. The second-order valence-electron chi connectivity index (χ2n) is 5.35. The molecule has 3 aromatic rings. The summed E-state index contributed by atoms with van der Waals surface area (Å²) in [4.78, 5) is 8.62. The molecule has 8 heteroatoms. The van der Waals surface area contributed by atoms with E-state index >= 15 is 0 Å². The number of aromatic hydroxyl groups is 1. The maximum Gasteiger partial charge on any atom is 0.163 e. The minimum absolute atomic E-state index is 0.139. The SMILES string of the molecule is COCCOc1cc2ncnc(Nc3cccc(O)c3Br)c2cc1OC. The van der Waals surface area contributed by atoms with Crippen molar-refractivity contribution in [2.75, 3.05) is 32.8 Å². The quantitative estimate of drug-likeness (QED) is 0.561. The Hall–Kier alpha value is -2.58. The Morgan fingerprint density at radius 3 is 2.73 bits per heavy atom. The molecule has 0 aliphatic rings. The van der Waals surface area contributed by atoms with Gasteiger partial charge < -0.3 is 24.6 Å². The zero-order valence-electron chi connectivity index (χ0n) is 14.3. The molecule has 7 nitrogen and oxygen atoms in total. The lowest BCUT2D eigenvalue weighted by Crippen LogP contribution is -2.05. The van der Waals surface area contributed by atoms with Gasteiger partial charge in [0, 0.05) is 18.6 Å². The fourth-order valence-electron chi connectivity index (χ4n) is 2.41. The fourth-order valence-corrected chi connectivity index (χ4v) is 2.78. The van der Waals surface area contributed by atoms with Crippen LogP contribution in [0.4, 0.5) is 11.5 Å². The Kier molecular flexibility index (Phi) is 5.75. The van der Waals surface area contributed by atoms with E-state index in [-0.39, 0.29) is 5.75 Å². The summed E-state index contributed by atoms with van der Waals surface area (Å²) in [5.41, 5.74) is 1.39. The van der Waals surface area contributed by atoms with Crippen molar-refractivity contribution in [2.24, 2.45) is 0 Å². The van der Waals surface area contributed by atoms with Gasteiger partial charge in [0.1, 0.15) is 24.5 Å². The van der Waals surface area contributed by atoms with Gasteiger partial charge in [0.15, 0.2) is 11.5 Å². The highest BCUT2D eigenvalue weighted by Crippen LogP contribution is 2.37. The van der Waals surface area contributed by atoms with Crippen LogP contribution in [0.3, 0.4) is 0 Å². The molecular weight excluding hydrogens is 402 g/mol. The number of aromatic nitrogens is 2. The van der Waals surface area contributed by atoms with Crippen molar-refractivity contribution in [3.8, 4) is 17.2 Å². The lowest BCUT2D eigenvalue weighted by molar-refractivity contribution is 0.144. The van der Waals surface area contributed by atoms with E-state index in [1.165, 1.54) is 6.33 Å². The number of benzene rings is 2. The Balaban J connectivity index is 2.00. The molecule has 26 heavy (non-hydrogen) atoms. The van der Waals surface area contributed by atoms with Crippen LogP contribution in [0.25, 0.3) is 10.9 Å². The van der Waals surface area contributed by atoms with Crippen molar-refractivity contribution in [3.63, 3.8) is 0 Å². The molecule has 0 radical (unpaired) electrons. The molecule has 0 bridgehead atoms. The number of fused-ring (bicyclic) bond motifs is 1. The molecule has 0 saturated carbocycles. The van der Waals surface area contributed by atoms with Gasteiger partial charge >= 0.3 is 0 Å². The van der Waals surface area contributed by atoms with Gasteiger partial charge in [-0.1, -0.05) is 6.07 Å². The fraction of sp³-hybridized carbons (Fsp3) is 0.222. The Bertz CT molecular complexity index is 920. The molecule has 0 fully saturated rings. The van der Waals surface area contributed by atoms with Crippen LogP contribution in [0.15, 0.2) is 41.1 Å². The molecule has 0 aliphatic heterocycles. The summed E-state index contributed by atoms with van der Waals surface area (Å²) in [6.45, 7) is 0.883. The first-order chi connectivity index (χ1) is 12.6. The lowest BCUT2D eigenvalue weighted by Gasteiger charge is -2.14. The van der Waals surface area contributed by atoms with Gasteiger partial charge in [-0.15, -0.1) is 0 Å². The number of methoxy groups -OCH3 is 2. The topological polar surface area (TPSA) is 85.7 Å². The minimum atomic E-state index is 0.139. The second kappa shape index (κ2) is 8.20. The van der Waals surface area contributed by atoms with Gasteiger partial charge in [-0.05, 0) is 34.1 Å². The van der Waals surface area contributed by atoms with Gasteiger partial charge in [0.05, 0.1) is 29.4 Å². The summed E-state index contributed by atoms with van der Waals surface area (Å²) in [5.74, 6) is 1.88. The zero-order valence-corrected chi connectivity index (χ0v) is 15.9. The normalized spacial score (nSPS) is 10.7. The largest absolute Gasteiger partial charge is 0.507 e. The Labute approximate surface area is 159 Å². The second-order valence-corrected chi connectivity index (χ2v) is 6.14. The molecule has 0 atom stereocenters. The average Bonchev–Trinajstić information content (AvgIpc) is 2.65. The number of phenolic OH excluding ortho intramolecular Hbond substituents is 1. The third-order valence-corrected chi connectivity index (χ3v) is 4.53. The monoisotopic (exact) mass is 419 g/mol. The first kappa shape index (κ1) is 18.2. The van der Waals surface area contributed by atoms with E-state index in [1.54, 1.807) is 32.4 Å². The van der Waals surface area contributed by atoms with E-state index in [4.69, 9.17) is 14.2 Å². The first-order valence-corrected chi connectivity index (χ1v) is 8.62. The summed E-state index contributed by atoms with van der Waals surface area (Å²) in [6.07, 6.45) is 1.47. The highest BCUT2D eigenvalue weighted by atomic mass is 79.9. The highest BCUT2D eigenvalue weighted by Gasteiger charge is 2.13. The van der Waals surface area contributed by atoms with E-state index < -0.39 is 0 Å². The number of halogens is 1. The van der Waals surface area contributed by atoms with E-state index in [2.05, 4.69) is 31.2 Å². The van der Waals surface area contributed by atoms with Gasteiger partial charge in [0.25, 0.3) is 0 Å². The van der Waals surface area contributed by atoms with Crippen LogP contribution in [0.5, 0.6) is 17.2 Å². The van der Waals surface area contributed by atoms with Crippen LogP contribution < -0.4 is 14.8 Å². The summed E-state index contributed by atoms with van der Waals surface area (Å²) >= 11 is 3.36. The van der Waals surface area contributed by atoms with E-state index in [1.807, 2.05) is 12.1 Å². The van der Waals surface area contributed by atoms with Gasteiger partial charge in [-0.25, -0.2) is 9.97 Å². The van der Waals surface area contributed by atoms with Crippen molar-refractivity contribution in [1.82, 2.24) is 9.97 Å². The van der Waals surface area contributed by atoms with Crippen molar-refractivity contribution in [1.29, 1.82) is 0 Å². The number of hydrogen-bond donors (Lipinski definition) is 2. The van der Waals surface area contributed by atoms with Crippen LogP contribution in [0.2, 0.25) is 0 Å². The minimum Gasteiger partial charge on any atom is -0.507 e. The summed E-state index contributed by atoms with van der Waals surface area (Å²) in [5, 5.41) is 13.8. The summed E-state index contributed by atoms with van der Waals surface area (Å²) in [6, 6.07) is 8.79. The standard InChI is InChI=1S/C18H18BrN3O4/c1-24-6-7-26-16-9-13-11(8-15(16)25-2)18(21-10-20-13)22-12-4-3-5-14(23)17(12)19/h3-5,8-10,23H,6-7H2,1-2H3,(H,20,21,22). The van der Waals surface area contributed by atoms with Gasteiger partial charge in [-0.3, -0.25) is 0 Å². The molecule has 0 amide bonds. The van der Waals surface area contributed by atoms with E-state index in [9.17, 15) is 5.11 Å². The van der Waals surface area contributed by atoms with Crippen LogP contribution in [0.1, 0.15) is 0 Å². The molecule has 0 unspecified atom stereocenters. The molecule has 2 aromatic carbocycles. The van der Waals surface area contributed by atoms with Gasteiger partial charge in [0.2, 0.25) is 0 Å². The Morgan fingerprint density at radius 1 is 1.12 bits per heavy atom. The van der Waals surface area contributed by atoms with E-state index in [0.29, 0.717) is 46.2 Å². The number of hydrogen-bond acceptors (Lipinski definition) is 7. The van der Waals surface area contributed by atoms with Crippen molar-refractivity contribution < 1.29 is 19.3 Å². The molecule has 1 heterocycles. The highest BCUT2D eigenvalue weighted by molar-refractivity contribution is 9.10. The zero-order chi connectivity index (χ0) is 18.5. The number of rotatable bonds is 7. The van der Waals surface area contributed by atoms with Crippen LogP contribution in [0, 0.1) is 0 Å². The van der Waals surface area contributed by atoms with Crippen LogP contribution >= 0.6 is 15.9 Å². The third-order valence-electron chi connectivity index (χ3n) is 3.70. The molecule has 0 saturated heterocycles. The maximum absolute atomic E-state index is 9.85. The smallest absolute Gasteiger partial charge is 0.163 e. The van der Waals surface area contributed by atoms with Crippen molar-refractivity contribution >= 4 is 38.3 Å². The lowest BCUT2D eigenvalue weighted by atomic mass is 10.2. The number of nitrogens with zero attached hydrogens (tertiary/aromatic N) is 2. The predicted molar refractivity (Wildman–Crippen MR) is 103 cm³/mol. The number of anilines is 2. The molecule has 136 valence electrons. The molecule has 3 rings (SSSR count). The average molecular weight is 420 g/mol. The molecular formula is C18H18BrN3O4. The Morgan fingerprint density at radius 2 is 1.96 bits per heavy atom. The summed E-state index contributed by atoms with van der Waals surface area (Å²) < 4.78 is 16.7. The van der Waals surface area contributed by atoms with Gasteiger partial charge in [-0.2, -0.15) is 0 Å².